The first-order valence-electron chi connectivity index (χ1n) is 3.93. The van der Waals surface area contributed by atoms with E-state index in [1.54, 1.807) is 13.6 Å². The van der Waals surface area contributed by atoms with E-state index in [1.165, 1.54) is 5.56 Å². The monoisotopic (exact) mass is 156 g/mol. The lowest BCUT2D eigenvalue weighted by Gasteiger charge is -1.82. The van der Waals surface area contributed by atoms with Crippen molar-refractivity contribution in [2.45, 2.75) is 6.92 Å². The smallest absolute Gasteiger partial charge is 0.304 e. The molecule has 2 heteroatoms. The highest BCUT2D eigenvalue weighted by Gasteiger charge is 1.78. The number of allylic oxidation sites excluding steroid dienone is 1. The Morgan fingerprint density at radius 2 is 1.92 bits per heavy atom. The molecule has 1 radical (unpaired) electrons. The largest absolute Gasteiger partial charge is 0.350 e. The van der Waals surface area contributed by atoms with E-state index in [2.05, 4.69) is 24.0 Å². The molecule has 0 spiro atoms. The van der Waals surface area contributed by atoms with Gasteiger partial charge < -0.3 is 4.90 Å². The fourth-order valence-corrected chi connectivity index (χ4v) is 0.783. The number of nitrogens with zero attached hydrogens (tertiary/aromatic N) is 1. The van der Waals surface area contributed by atoms with Gasteiger partial charge in [-0.1, -0.05) is 47.9 Å². The number of rotatable bonds is 0. The van der Waals surface area contributed by atoms with Gasteiger partial charge in [0.05, 0.1) is 0 Å². The van der Waals surface area contributed by atoms with Gasteiger partial charge in [-0.05, 0) is 6.92 Å². The zero-order valence-electron chi connectivity index (χ0n) is 7.14. The van der Waals surface area contributed by atoms with E-state index >= 15 is 0 Å². The van der Waals surface area contributed by atoms with Crippen LogP contribution in [0.4, 0.5) is 0 Å². The lowest BCUT2D eigenvalue weighted by Crippen LogP contribution is -1.63. The Labute approximate surface area is 74.1 Å². The normalized spacial score (nSPS) is 11.8. The van der Waals surface area contributed by atoms with E-state index in [9.17, 15) is 0 Å². The summed E-state index contributed by atoms with van der Waals surface area (Å²) >= 11 is 0. The number of hydrogen-bond donors (Lipinski definition) is 0. The van der Waals surface area contributed by atoms with Crippen LogP contribution < -0.4 is 0 Å². The van der Waals surface area contributed by atoms with Crippen LogP contribution in [0.15, 0.2) is 47.3 Å². The maximum Gasteiger partial charge on any atom is 0.304 e. The number of hydrogen-bond acceptors (Lipinski definition) is 1. The van der Waals surface area contributed by atoms with Crippen molar-refractivity contribution in [3.63, 3.8) is 0 Å². The molecule has 0 bridgehead atoms. The fraction of sp³-hybridized carbons (Fsp3) is 0.100. The molecule has 0 fully saturated rings. The highest BCUT2D eigenvalue weighted by atomic mass is 14.6. The zero-order valence-corrected chi connectivity index (χ0v) is 7.14. The predicted octanol–water partition coefficient (Wildman–Crippen LogP) is 2.20. The molecule has 0 aromatic heterocycles. The van der Waals surface area contributed by atoms with Crippen molar-refractivity contribution in [1.82, 2.24) is 0 Å². The molecule has 0 aliphatic carbocycles. The SMILES string of the molecule is Cc1ccccc1.[B]1C=CC=N1. The van der Waals surface area contributed by atoms with Gasteiger partial charge in [0.1, 0.15) is 0 Å². The Hall–Kier alpha value is -1.31. The van der Waals surface area contributed by atoms with E-state index in [0.29, 0.717) is 0 Å². The minimum Gasteiger partial charge on any atom is -0.350 e. The van der Waals surface area contributed by atoms with E-state index in [1.807, 2.05) is 30.3 Å². The summed E-state index contributed by atoms with van der Waals surface area (Å²) in [6, 6.07) is 10.3. The van der Waals surface area contributed by atoms with Gasteiger partial charge in [-0.2, -0.15) is 0 Å². The summed E-state index contributed by atoms with van der Waals surface area (Å²) in [5.74, 6) is 1.89. The van der Waals surface area contributed by atoms with Gasteiger partial charge in [-0.25, -0.2) is 0 Å². The third-order valence-electron chi connectivity index (χ3n) is 1.40. The predicted molar refractivity (Wildman–Crippen MR) is 54.6 cm³/mol. The second-order valence-electron chi connectivity index (χ2n) is 2.49. The minimum absolute atomic E-state index is 1.32. The molecular formula is C10H11BN. The Morgan fingerprint density at radius 3 is 2.17 bits per heavy atom. The van der Waals surface area contributed by atoms with Gasteiger partial charge in [-0.3, -0.25) is 0 Å². The van der Waals surface area contributed by atoms with Crippen LogP contribution in [-0.2, 0) is 0 Å². The standard InChI is InChI=1S/C7H8.C3H3BN/c1-7-5-3-2-4-6-7;1-2-4-5-3-1/h2-6H,1H3;1-3H. The molecule has 0 atom stereocenters. The maximum absolute atomic E-state index is 3.72. The van der Waals surface area contributed by atoms with E-state index < -0.39 is 0 Å². The maximum atomic E-state index is 3.72. The lowest BCUT2D eigenvalue weighted by atomic mass is 10.00. The first-order valence-corrected chi connectivity index (χ1v) is 3.93. The average Bonchev–Trinajstić information content (AvgIpc) is 2.62. The quantitative estimate of drug-likeness (QED) is 0.510. The summed E-state index contributed by atoms with van der Waals surface area (Å²) in [7, 11) is 1.75. The van der Waals surface area contributed by atoms with Crippen molar-refractivity contribution in [2.24, 2.45) is 4.90 Å². The highest BCUT2D eigenvalue weighted by Crippen LogP contribution is 1.92. The summed E-state index contributed by atoms with van der Waals surface area (Å²) in [6.45, 7) is 2.08. The van der Waals surface area contributed by atoms with Crippen LogP contribution in [0.1, 0.15) is 5.56 Å². The summed E-state index contributed by atoms with van der Waals surface area (Å²) in [5, 5.41) is 0. The number of aryl methyl sites for hydroxylation is 1. The van der Waals surface area contributed by atoms with Crippen molar-refractivity contribution in [2.75, 3.05) is 0 Å². The van der Waals surface area contributed by atoms with Crippen LogP contribution in [0.5, 0.6) is 0 Å². The lowest BCUT2D eigenvalue weighted by molar-refractivity contribution is 1.48. The Morgan fingerprint density at radius 1 is 1.17 bits per heavy atom. The summed E-state index contributed by atoms with van der Waals surface area (Å²) in [4.78, 5) is 3.72. The summed E-state index contributed by atoms with van der Waals surface area (Å²) in [6.07, 6.45) is 3.64. The van der Waals surface area contributed by atoms with Crippen molar-refractivity contribution >= 4 is 13.6 Å². The first-order chi connectivity index (χ1) is 5.89. The van der Waals surface area contributed by atoms with Crippen molar-refractivity contribution < 1.29 is 0 Å². The van der Waals surface area contributed by atoms with Crippen LogP contribution in [0.25, 0.3) is 0 Å². The molecule has 0 unspecified atom stereocenters. The molecule has 0 amide bonds. The average molecular weight is 156 g/mol. The van der Waals surface area contributed by atoms with E-state index in [0.717, 1.165) is 0 Å². The first kappa shape index (κ1) is 8.79. The molecule has 59 valence electrons. The molecule has 1 heterocycles. The van der Waals surface area contributed by atoms with Crippen molar-refractivity contribution in [1.29, 1.82) is 0 Å². The molecule has 0 N–H and O–H groups in total. The van der Waals surface area contributed by atoms with Crippen LogP contribution in [0, 0.1) is 6.92 Å². The van der Waals surface area contributed by atoms with Crippen LogP contribution in [-0.4, -0.2) is 13.6 Å². The molecule has 1 nitrogen and oxygen atoms in total. The van der Waals surface area contributed by atoms with Gasteiger partial charge in [0.15, 0.2) is 0 Å². The van der Waals surface area contributed by atoms with Crippen LogP contribution >= 0.6 is 0 Å². The molecule has 1 aromatic carbocycles. The molecule has 2 rings (SSSR count). The molecule has 0 saturated heterocycles. The molecule has 0 saturated carbocycles. The molecule has 1 aliphatic heterocycles. The third-order valence-corrected chi connectivity index (χ3v) is 1.40. The minimum atomic E-state index is 1.32. The topological polar surface area (TPSA) is 12.4 Å². The zero-order chi connectivity index (χ0) is 8.65. The van der Waals surface area contributed by atoms with Crippen molar-refractivity contribution in [3.05, 3.63) is 47.9 Å². The van der Waals surface area contributed by atoms with E-state index in [4.69, 9.17) is 0 Å². The Balaban J connectivity index is 0.000000127. The van der Waals surface area contributed by atoms with E-state index in [-0.39, 0.29) is 0 Å². The third kappa shape index (κ3) is 3.76. The van der Waals surface area contributed by atoms with Crippen molar-refractivity contribution in [3.8, 4) is 0 Å². The second kappa shape index (κ2) is 5.36. The van der Waals surface area contributed by atoms with Crippen LogP contribution in [0.2, 0.25) is 0 Å². The van der Waals surface area contributed by atoms with Gasteiger partial charge in [0.25, 0.3) is 0 Å². The Kier molecular flexibility index (Phi) is 3.92. The number of benzene rings is 1. The molecule has 1 aliphatic rings. The summed E-state index contributed by atoms with van der Waals surface area (Å²) in [5.41, 5.74) is 1.32. The van der Waals surface area contributed by atoms with Gasteiger partial charge in [0, 0.05) is 6.21 Å². The Bertz CT molecular complexity index is 254. The molecule has 12 heavy (non-hydrogen) atoms. The fourth-order valence-electron chi connectivity index (χ4n) is 0.783. The second-order valence-corrected chi connectivity index (χ2v) is 2.49. The van der Waals surface area contributed by atoms with Gasteiger partial charge in [-0.15, -0.1) is 0 Å². The van der Waals surface area contributed by atoms with Gasteiger partial charge >= 0.3 is 7.41 Å². The molecule has 1 aromatic rings. The summed E-state index contributed by atoms with van der Waals surface area (Å²) < 4.78 is 0. The highest BCUT2D eigenvalue weighted by molar-refractivity contribution is 6.44. The van der Waals surface area contributed by atoms with Gasteiger partial charge in [0.2, 0.25) is 0 Å². The van der Waals surface area contributed by atoms with Crippen LogP contribution in [0.3, 0.4) is 0 Å². The molecular weight excluding hydrogens is 145 g/mol.